The Morgan fingerprint density at radius 3 is 2.67 bits per heavy atom. The predicted molar refractivity (Wildman–Crippen MR) is 58.5 cm³/mol. The highest BCUT2D eigenvalue weighted by Gasteiger charge is 2.42. The lowest BCUT2D eigenvalue weighted by Crippen LogP contribution is -2.42. The fraction of sp³-hybridized carbons (Fsp3) is 0.917. The lowest BCUT2D eigenvalue weighted by Gasteiger charge is -2.25. The topological polar surface area (TPSA) is 29.5 Å². The molecule has 0 aromatic rings. The minimum Gasteiger partial charge on any atom is -0.468 e. The summed E-state index contributed by atoms with van der Waals surface area (Å²) in [6, 6.07) is 0.0616. The molecule has 2 unspecified atom stereocenters. The first-order chi connectivity index (χ1) is 7.26. The molecule has 0 radical (unpaired) electrons. The van der Waals surface area contributed by atoms with Crippen molar-refractivity contribution in [3.8, 4) is 0 Å². The van der Waals surface area contributed by atoms with Crippen molar-refractivity contribution in [2.45, 2.75) is 38.6 Å². The third kappa shape index (κ3) is 2.33. The first-order valence-electron chi connectivity index (χ1n) is 6.08. The highest BCUT2D eigenvalue weighted by atomic mass is 16.5. The monoisotopic (exact) mass is 211 g/mol. The first-order valence-corrected chi connectivity index (χ1v) is 6.08. The Bertz CT molecular complexity index is 238. The van der Waals surface area contributed by atoms with Gasteiger partial charge in [-0.1, -0.05) is 13.3 Å². The van der Waals surface area contributed by atoms with Crippen LogP contribution in [0.15, 0.2) is 0 Å². The zero-order chi connectivity index (χ0) is 10.8. The predicted octanol–water partition coefficient (Wildman–Crippen LogP) is 1.67. The molecule has 3 heteroatoms. The maximum Gasteiger partial charge on any atom is 0.323 e. The van der Waals surface area contributed by atoms with Crippen LogP contribution in [0, 0.1) is 11.8 Å². The van der Waals surface area contributed by atoms with Gasteiger partial charge in [0.2, 0.25) is 0 Å². The number of esters is 1. The van der Waals surface area contributed by atoms with E-state index >= 15 is 0 Å². The Labute approximate surface area is 91.8 Å². The van der Waals surface area contributed by atoms with Crippen LogP contribution in [0.2, 0.25) is 0 Å². The molecule has 2 rings (SSSR count). The average molecular weight is 211 g/mol. The van der Waals surface area contributed by atoms with Crippen molar-refractivity contribution >= 4 is 5.97 Å². The van der Waals surface area contributed by atoms with Crippen molar-refractivity contribution in [2.75, 3.05) is 20.2 Å². The number of carbonyl (C=O) groups excluding carboxylic acids is 1. The van der Waals surface area contributed by atoms with Crippen LogP contribution in [0.4, 0.5) is 0 Å². The van der Waals surface area contributed by atoms with Gasteiger partial charge in [0, 0.05) is 6.54 Å². The zero-order valence-electron chi connectivity index (χ0n) is 9.74. The molecule has 2 aliphatic rings. The number of hydrogen-bond acceptors (Lipinski definition) is 3. The lowest BCUT2D eigenvalue weighted by atomic mass is 10.1. The summed E-state index contributed by atoms with van der Waals surface area (Å²) in [6.07, 6.45) is 4.88. The van der Waals surface area contributed by atoms with E-state index in [4.69, 9.17) is 4.74 Å². The second-order valence-corrected chi connectivity index (χ2v) is 4.86. The standard InChI is InChI=1S/C12H21NO2/c1-3-9-6-7-13(8-9)11(10-4-5-10)12(14)15-2/h9-11H,3-8H2,1-2H3. The fourth-order valence-corrected chi connectivity index (χ4v) is 2.62. The smallest absolute Gasteiger partial charge is 0.323 e. The minimum atomic E-state index is -0.0192. The van der Waals surface area contributed by atoms with Crippen LogP contribution >= 0.6 is 0 Å². The molecule has 3 nitrogen and oxygen atoms in total. The van der Waals surface area contributed by atoms with Gasteiger partial charge in [0.05, 0.1) is 7.11 Å². The quantitative estimate of drug-likeness (QED) is 0.662. The van der Waals surface area contributed by atoms with Crippen molar-refractivity contribution in [3.05, 3.63) is 0 Å². The molecular weight excluding hydrogens is 190 g/mol. The van der Waals surface area contributed by atoms with Crippen molar-refractivity contribution in [1.29, 1.82) is 0 Å². The number of methoxy groups -OCH3 is 1. The van der Waals surface area contributed by atoms with Gasteiger partial charge in [0.25, 0.3) is 0 Å². The number of hydrogen-bond donors (Lipinski definition) is 0. The van der Waals surface area contributed by atoms with Gasteiger partial charge in [-0.2, -0.15) is 0 Å². The van der Waals surface area contributed by atoms with E-state index in [1.807, 2.05) is 0 Å². The molecular formula is C12H21NO2. The van der Waals surface area contributed by atoms with Gasteiger partial charge in [0.15, 0.2) is 0 Å². The van der Waals surface area contributed by atoms with E-state index < -0.39 is 0 Å². The zero-order valence-corrected chi connectivity index (χ0v) is 9.74. The van der Waals surface area contributed by atoms with Crippen molar-refractivity contribution in [1.82, 2.24) is 4.90 Å². The summed E-state index contributed by atoms with van der Waals surface area (Å²) < 4.78 is 4.91. The summed E-state index contributed by atoms with van der Waals surface area (Å²) in [5.74, 6) is 1.35. The molecule has 0 spiro atoms. The second-order valence-electron chi connectivity index (χ2n) is 4.86. The molecule has 0 aromatic carbocycles. The van der Waals surface area contributed by atoms with Gasteiger partial charge < -0.3 is 4.74 Å². The molecule has 2 atom stereocenters. The molecule has 0 bridgehead atoms. The SMILES string of the molecule is CCC1CCN(C(C(=O)OC)C2CC2)C1. The summed E-state index contributed by atoms with van der Waals surface area (Å²) in [6.45, 7) is 4.40. The number of ether oxygens (including phenoxy) is 1. The van der Waals surface area contributed by atoms with Gasteiger partial charge in [-0.3, -0.25) is 9.69 Å². The number of carbonyl (C=O) groups is 1. The van der Waals surface area contributed by atoms with E-state index in [1.165, 1.54) is 32.8 Å². The van der Waals surface area contributed by atoms with Crippen LogP contribution in [0.3, 0.4) is 0 Å². The molecule has 15 heavy (non-hydrogen) atoms. The van der Waals surface area contributed by atoms with Crippen molar-refractivity contribution in [3.63, 3.8) is 0 Å². The van der Waals surface area contributed by atoms with Crippen LogP contribution in [-0.2, 0) is 9.53 Å². The van der Waals surface area contributed by atoms with Crippen LogP contribution in [0.1, 0.15) is 32.6 Å². The fourth-order valence-electron chi connectivity index (χ4n) is 2.62. The van der Waals surface area contributed by atoms with Crippen LogP contribution < -0.4 is 0 Å². The average Bonchev–Trinajstić information content (AvgIpc) is 2.96. The highest BCUT2D eigenvalue weighted by molar-refractivity contribution is 5.76. The minimum absolute atomic E-state index is 0.0192. The summed E-state index contributed by atoms with van der Waals surface area (Å²) in [4.78, 5) is 14.1. The molecule has 1 heterocycles. The Hall–Kier alpha value is -0.570. The normalized spacial score (nSPS) is 29.1. The molecule has 0 N–H and O–H groups in total. The van der Waals surface area contributed by atoms with E-state index in [9.17, 15) is 4.79 Å². The maximum atomic E-state index is 11.7. The molecule has 86 valence electrons. The third-order valence-corrected chi connectivity index (χ3v) is 3.80. The third-order valence-electron chi connectivity index (χ3n) is 3.80. The Kier molecular flexibility index (Phi) is 3.29. The van der Waals surface area contributed by atoms with Crippen LogP contribution in [-0.4, -0.2) is 37.1 Å². The van der Waals surface area contributed by atoms with E-state index in [2.05, 4.69) is 11.8 Å². The van der Waals surface area contributed by atoms with Gasteiger partial charge in [-0.15, -0.1) is 0 Å². The summed E-state index contributed by atoms with van der Waals surface area (Å²) >= 11 is 0. The number of rotatable bonds is 4. The van der Waals surface area contributed by atoms with Crippen LogP contribution in [0.5, 0.6) is 0 Å². The largest absolute Gasteiger partial charge is 0.468 e. The molecule has 2 fully saturated rings. The second kappa shape index (κ2) is 4.52. The molecule has 1 aliphatic heterocycles. The van der Waals surface area contributed by atoms with Gasteiger partial charge in [-0.05, 0) is 37.6 Å². The van der Waals surface area contributed by atoms with Crippen molar-refractivity contribution in [2.24, 2.45) is 11.8 Å². The lowest BCUT2D eigenvalue weighted by molar-refractivity contribution is -0.147. The molecule has 0 aromatic heterocycles. The van der Waals surface area contributed by atoms with E-state index in [-0.39, 0.29) is 12.0 Å². The first kappa shape index (κ1) is 10.9. The summed E-state index contributed by atoms with van der Waals surface area (Å²) in [5.41, 5.74) is 0. The molecule has 1 aliphatic carbocycles. The van der Waals surface area contributed by atoms with E-state index in [1.54, 1.807) is 0 Å². The Balaban J connectivity index is 1.96. The summed E-state index contributed by atoms with van der Waals surface area (Å²) in [5, 5.41) is 0. The van der Waals surface area contributed by atoms with E-state index in [0.29, 0.717) is 5.92 Å². The Morgan fingerprint density at radius 1 is 1.47 bits per heavy atom. The maximum absolute atomic E-state index is 11.7. The van der Waals surface area contributed by atoms with E-state index in [0.717, 1.165) is 19.0 Å². The molecule has 1 saturated carbocycles. The Morgan fingerprint density at radius 2 is 2.20 bits per heavy atom. The van der Waals surface area contributed by atoms with Crippen molar-refractivity contribution < 1.29 is 9.53 Å². The van der Waals surface area contributed by atoms with Crippen LogP contribution in [0.25, 0.3) is 0 Å². The molecule has 0 amide bonds. The van der Waals surface area contributed by atoms with Gasteiger partial charge >= 0.3 is 5.97 Å². The number of nitrogens with zero attached hydrogens (tertiary/aromatic N) is 1. The van der Waals surface area contributed by atoms with Gasteiger partial charge in [0.1, 0.15) is 6.04 Å². The molecule has 1 saturated heterocycles. The summed E-state index contributed by atoms with van der Waals surface area (Å²) in [7, 11) is 1.51. The number of likely N-dealkylation sites (tertiary alicyclic amines) is 1. The van der Waals surface area contributed by atoms with Gasteiger partial charge in [-0.25, -0.2) is 0 Å². The highest BCUT2D eigenvalue weighted by Crippen LogP contribution is 2.38.